The van der Waals surface area contributed by atoms with E-state index < -0.39 is 0 Å². The van der Waals surface area contributed by atoms with Crippen molar-refractivity contribution in [2.45, 2.75) is 0 Å². The molecule has 0 aliphatic rings. The zero-order valence-corrected chi connectivity index (χ0v) is 9.23. The zero-order valence-electron chi connectivity index (χ0n) is 9.23. The number of ether oxygens (including phenoxy) is 3. The van der Waals surface area contributed by atoms with E-state index in [2.05, 4.69) is 4.74 Å². The first kappa shape index (κ1) is 12.1. The van der Waals surface area contributed by atoms with Crippen molar-refractivity contribution in [2.75, 3.05) is 20.8 Å². The third-order valence-electron chi connectivity index (χ3n) is 1.96. The topological polar surface area (TPSA) is 44.8 Å². The van der Waals surface area contributed by atoms with Crippen molar-refractivity contribution < 1.29 is 19.0 Å². The maximum atomic E-state index is 9.78. The Morgan fingerprint density at radius 1 is 1.25 bits per heavy atom. The van der Waals surface area contributed by atoms with Crippen molar-refractivity contribution in [3.8, 4) is 11.5 Å². The van der Waals surface area contributed by atoms with Crippen LogP contribution in [0.3, 0.4) is 0 Å². The number of methoxy groups -OCH3 is 2. The minimum Gasteiger partial charge on any atom is -0.493 e. The molecule has 0 aliphatic heterocycles. The van der Waals surface area contributed by atoms with Gasteiger partial charge in [0.05, 0.1) is 14.2 Å². The number of hydrogen-bond donors (Lipinski definition) is 0. The Morgan fingerprint density at radius 2 is 2.00 bits per heavy atom. The monoisotopic (exact) mass is 221 g/mol. The van der Waals surface area contributed by atoms with E-state index in [0.717, 1.165) is 5.56 Å². The summed E-state index contributed by atoms with van der Waals surface area (Å²) in [5, 5.41) is 0. The molecule has 1 aromatic carbocycles. The Morgan fingerprint density at radius 3 is 2.62 bits per heavy atom. The largest absolute Gasteiger partial charge is 0.493 e. The molecule has 0 bridgehead atoms. The molecule has 1 aromatic rings. The molecule has 0 amide bonds. The number of hydrogen-bond acceptors (Lipinski definition) is 4. The van der Waals surface area contributed by atoms with Crippen LogP contribution in [0.5, 0.6) is 11.5 Å². The zero-order chi connectivity index (χ0) is 11.8. The van der Waals surface area contributed by atoms with Crippen LogP contribution >= 0.6 is 0 Å². The van der Waals surface area contributed by atoms with Crippen LogP contribution in [-0.2, 0) is 9.53 Å². The summed E-state index contributed by atoms with van der Waals surface area (Å²) in [5.74, 6) is 1.34. The molecule has 1 radical (unpaired) electrons. The second kappa shape index (κ2) is 6.50. The van der Waals surface area contributed by atoms with E-state index in [4.69, 9.17) is 9.47 Å². The van der Waals surface area contributed by atoms with Gasteiger partial charge in [-0.15, -0.1) is 0 Å². The molecule has 0 saturated heterocycles. The molecule has 0 aliphatic carbocycles. The minimum atomic E-state index is 0.206. The van der Waals surface area contributed by atoms with Crippen LogP contribution in [0.15, 0.2) is 24.3 Å². The van der Waals surface area contributed by atoms with E-state index >= 15 is 0 Å². The van der Waals surface area contributed by atoms with Crippen molar-refractivity contribution in [3.05, 3.63) is 29.8 Å². The smallest absolute Gasteiger partial charge is 0.417 e. The lowest BCUT2D eigenvalue weighted by atomic mass is 10.2. The van der Waals surface area contributed by atoms with Crippen LogP contribution in [-0.4, -0.2) is 27.3 Å². The van der Waals surface area contributed by atoms with Crippen molar-refractivity contribution >= 4 is 12.5 Å². The summed E-state index contributed by atoms with van der Waals surface area (Å²) in [5.41, 5.74) is 0.937. The third kappa shape index (κ3) is 3.31. The predicted octanol–water partition coefficient (Wildman–Crippen LogP) is 1.80. The summed E-state index contributed by atoms with van der Waals surface area (Å²) in [6.07, 6.45) is 3.53. The van der Waals surface area contributed by atoms with E-state index in [9.17, 15) is 4.79 Å². The molecule has 0 heterocycles. The van der Waals surface area contributed by atoms with Crippen molar-refractivity contribution in [1.29, 1.82) is 0 Å². The van der Waals surface area contributed by atoms with E-state index in [0.29, 0.717) is 11.5 Å². The maximum Gasteiger partial charge on any atom is 0.417 e. The molecule has 85 valence electrons. The van der Waals surface area contributed by atoms with Crippen molar-refractivity contribution in [1.82, 2.24) is 0 Å². The molecular formula is C12H13O4. The Kier molecular flexibility index (Phi) is 4.92. The van der Waals surface area contributed by atoms with E-state index in [1.165, 1.54) is 6.47 Å². The fourth-order valence-corrected chi connectivity index (χ4v) is 1.22. The predicted molar refractivity (Wildman–Crippen MR) is 60.2 cm³/mol. The molecule has 0 unspecified atom stereocenters. The Hall–Kier alpha value is -1.97. The van der Waals surface area contributed by atoms with Crippen molar-refractivity contribution in [3.63, 3.8) is 0 Å². The molecule has 0 spiro atoms. The van der Waals surface area contributed by atoms with Crippen LogP contribution in [0, 0.1) is 0 Å². The second-order valence-electron chi connectivity index (χ2n) is 2.91. The number of benzene rings is 1. The van der Waals surface area contributed by atoms with Gasteiger partial charge in [0.15, 0.2) is 11.5 Å². The molecule has 4 nitrogen and oxygen atoms in total. The van der Waals surface area contributed by atoms with Gasteiger partial charge in [-0.1, -0.05) is 12.1 Å². The molecule has 0 aromatic heterocycles. The van der Waals surface area contributed by atoms with Crippen LogP contribution in [0.25, 0.3) is 6.08 Å². The summed E-state index contributed by atoms with van der Waals surface area (Å²) in [7, 11) is 3.16. The maximum absolute atomic E-state index is 9.78. The van der Waals surface area contributed by atoms with Gasteiger partial charge in [-0.3, -0.25) is 0 Å². The second-order valence-corrected chi connectivity index (χ2v) is 2.91. The highest BCUT2D eigenvalue weighted by molar-refractivity contribution is 5.56. The molecule has 1 rings (SSSR count). The van der Waals surface area contributed by atoms with Gasteiger partial charge in [0.2, 0.25) is 0 Å². The van der Waals surface area contributed by atoms with Crippen molar-refractivity contribution in [2.24, 2.45) is 0 Å². The van der Waals surface area contributed by atoms with E-state index in [1.807, 2.05) is 24.3 Å². The lowest BCUT2D eigenvalue weighted by molar-refractivity contribution is 0.314. The average Bonchev–Trinajstić information content (AvgIpc) is 2.34. The Labute approximate surface area is 94.4 Å². The van der Waals surface area contributed by atoms with Gasteiger partial charge in [0, 0.05) is 0 Å². The normalized spacial score (nSPS) is 10.1. The summed E-state index contributed by atoms with van der Waals surface area (Å²) < 4.78 is 14.7. The van der Waals surface area contributed by atoms with Gasteiger partial charge in [0.1, 0.15) is 6.61 Å². The molecular weight excluding hydrogens is 208 g/mol. The standard InChI is InChI=1S/C12H13O4/c1-14-11-6-5-10(8-12(11)15-2)4-3-7-16-9-13/h3-6,8H,7H2,1-2H3/b4-3+. The fraction of sp³-hybridized carbons (Fsp3) is 0.250. The lowest BCUT2D eigenvalue weighted by Crippen LogP contribution is -1.90. The SMILES string of the molecule is COc1ccc(/C=C/CO[C]=O)cc1OC. The molecule has 16 heavy (non-hydrogen) atoms. The van der Waals surface area contributed by atoms with Crippen LogP contribution in [0.1, 0.15) is 5.56 Å². The Bertz CT molecular complexity index is 371. The lowest BCUT2D eigenvalue weighted by Gasteiger charge is -2.07. The van der Waals surface area contributed by atoms with Gasteiger partial charge in [-0.25, -0.2) is 4.79 Å². The van der Waals surface area contributed by atoms with Crippen LogP contribution in [0.4, 0.5) is 0 Å². The van der Waals surface area contributed by atoms with Crippen LogP contribution < -0.4 is 9.47 Å². The molecule has 0 saturated carbocycles. The minimum absolute atomic E-state index is 0.206. The molecule has 4 heteroatoms. The van der Waals surface area contributed by atoms with E-state index in [1.54, 1.807) is 20.3 Å². The first-order chi connectivity index (χ1) is 7.81. The summed E-state index contributed by atoms with van der Waals surface area (Å²) in [6, 6.07) is 5.52. The van der Waals surface area contributed by atoms with E-state index in [-0.39, 0.29) is 6.61 Å². The highest BCUT2D eigenvalue weighted by atomic mass is 16.5. The Balaban J connectivity index is 2.74. The van der Waals surface area contributed by atoms with Gasteiger partial charge in [-0.05, 0) is 23.8 Å². The fourth-order valence-electron chi connectivity index (χ4n) is 1.22. The van der Waals surface area contributed by atoms with Gasteiger partial charge in [-0.2, -0.15) is 0 Å². The highest BCUT2D eigenvalue weighted by Gasteiger charge is 2.02. The summed E-state index contributed by atoms with van der Waals surface area (Å²) in [6.45, 7) is 1.56. The third-order valence-corrected chi connectivity index (χ3v) is 1.96. The number of rotatable bonds is 6. The first-order valence-corrected chi connectivity index (χ1v) is 4.69. The summed E-state index contributed by atoms with van der Waals surface area (Å²) in [4.78, 5) is 9.78. The molecule has 0 N–H and O–H groups in total. The first-order valence-electron chi connectivity index (χ1n) is 4.69. The van der Waals surface area contributed by atoms with Gasteiger partial charge >= 0.3 is 6.47 Å². The quantitative estimate of drug-likeness (QED) is 0.687. The number of carbonyl (C=O) groups excluding carboxylic acids is 1. The summed E-state index contributed by atoms with van der Waals surface area (Å²) >= 11 is 0. The highest BCUT2D eigenvalue weighted by Crippen LogP contribution is 2.27. The van der Waals surface area contributed by atoms with Gasteiger partial charge in [0.25, 0.3) is 0 Å². The molecule has 0 atom stereocenters. The van der Waals surface area contributed by atoms with Gasteiger partial charge < -0.3 is 14.2 Å². The average molecular weight is 221 g/mol. The molecule has 0 fully saturated rings. The van der Waals surface area contributed by atoms with Crippen LogP contribution in [0.2, 0.25) is 0 Å².